The zero-order valence-corrected chi connectivity index (χ0v) is 12.4. The fraction of sp³-hybridized carbons (Fsp3) is 0.375. The maximum Gasteiger partial charge on any atom is 0.137 e. The molecule has 0 bridgehead atoms. The summed E-state index contributed by atoms with van der Waals surface area (Å²) < 4.78 is 7.58. The molecule has 1 N–H and O–H groups in total. The minimum absolute atomic E-state index is 0.270. The third kappa shape index (κ3) is 4.07. The van der Waals surface area contributed by atoms with E-state index in [1.807, 2.05) is 35.1 Å². The summed E-state index contributed by atoms with van der Waals surface area (Å²) in [4.78, 5) is 0. The largest absolute Gasteiger partial charge is 0.491 e. The number of ether oxygens (including phenoxy) is 1. The predicted octanol–water partition coefficient (Wildman–Crippen LogP) is 2.37. The van der Waals surface area contributed by atoms with E-state index in [1.165, 1.54) is 0 Å². The first-order valence-electron chi connectivity index (χ1n) is 7.07. The summed E-state index contributed by atoms with van der Waals surface area (Å²) in [5, 5.41) is 16.6. The lowest BCUT2D eigenvalue weighted by Gasteiger charge is -2.21. The number of nitriles is 1. The maximum absolute atomic E-state index is 8.99. The van der Waals surface area contributed by atoms with Crippen LogP contribution in [0.3, 0.4) is 0 Å². The highest BCUT2D eigenvalue weighted by molar-refractivity contribution is 5.42. The molecular weight excluding hydrogens is 264 g/mol. The first-order chi connectivity index (χ1) is 10.2. The molecule has 0 aliphatic carbocycles. The molecule has 0 amide bonds. The van der Waals surface area contributed by atoms with Crippen molar-refractivity contribution in [2.24, 2.45) is 0 Å². The van der Waals surface area contributed by atoms with Gasteiger partial charge in [0.25, 0.3) is 0 Å². The highest BCUT2D eigenvalue weighted by Gasteiger charge is 2.13. The molecule has 0 saturated carbocycles. The average Bonchev–Trinajstić information content (AvgIpc) is 3.05. The van der Waals surface area contributed by atoms with Gasteiger partial charge in [0.15, 0.2) is 0 Å². The molecule has 0 unspecified atom stereocenters. The SMILES string of the molecule is C[C@H](NCCOc1ccccc1C#N)[C@H](C)n1cccn1. The summed E-state index contributed by atoms with van der Waals surface area (Å²) in [5.41, 5.74) is 0.565. The van der Waals surface area contributed by atoms with Crippen LogP contribution in [0, 0.1) is 11.3 Å². The summed E-state index contributed by atoms with van der Waals surface area (Å²) in [6.07, 6.45) is 3.74. The van der Waals surface area contributed by atoms with Crippen molar-refractivity contribution in [3.05, 3.63) is 48.3 Å². The Bertz CT molecular complexity index is 589. The number of nitrogens with one attached hydrogen (secondary N) is 1. The average molecular weight is 284 g/mol. The van der Waals surface area contributed by atoms with Crippen molar-refractivity contribution in [3.8, 4) is 11.8 Å². The van der Waals surface area contributed by atoms with Crippen molar-refractivity contribution in [2.45, 2.75) is 25.9 Å². The van der Waals surface area contributed by atoms with Crippen LogP contribution >= 0.6 is 0 Å². The summed E-state index contributed by atoms with van der Waals surface area (Å²) in [6.45, 7) is 5.48. The number of para-hydroxylation sites is 1. The van der Waals surface area contributed by atoms with Gasteiger partial charge in [-0.05, 0) is 32.0 Å². The second-order valence-corrected chi connectivity index (χ2v) is 4.93. The summed E-state index contributed by atoms with van der Waals surface area (Å²) in [7, 11) is 0. The molecule has 21 heavy (non-hydrogen) atoms. The van der Waals surface area contributed by atoms with Crippen LogP contribution in [0.25, 0.3) is 0 Å². The Morgan fingerprint density at radius 1 is 1.33 bits per heavy atom. The van der Waals surface area contributed by atoms with Crippen molar-refractivity contribution in [2.75, 3.05) is 13.2 Å². The normalized spacial score (nSPS) is 13.4. The Hall–Kier alpha value is -2.32. The number of hydrogen-bond donors (Lipinski definition) is 1. The van der Waals surface area contributed by atoms with Gasteiger partial charge in [-0.3, -0.25) is 4.68 Å². The molecule has 0 saturated heterocycles. The van der Waals surface area contributed by atoms with E-state index < -0.39 is 0 Å². The molecule has 0 spiro atoms. The standard InChI is InChI=1S/C16H20N4O/c1-13(14(2)20-10-5-8-19-20)18-9-11-21-16-7-4-3-6-15(16)12-17/h3-8,10,13-14,18H,9,11H2,1-2H3/t13-,14-/m0/s1. The van der Waals surface area contributed by atoms with Crippen LogP contribution in [0.2, 0.25) is 0 Å². The van der Waals surface area contributed by atoms with Gasteiger partial charge in [-0.25, -0.2) is 0 Å². The van der Waals surface area contributed by atoms with Gasteiger partial charge in [-0.1, -0.05) is 12.1 Å². The number of aromatic nitrogens is 2. The Balaban J connectivity index is 1.76. The number of hydrogen-bond acceptors (Lipinski definition) is 4. The van der Waals surface area contributed by atoms with Crippen molar-refractivity contribution >= 4 is 0 Å². The summed E-state index contributed by atoms with van der Waals surface area (Å²) >= 11 is 0. The molecule has 110 valence electrons. The van der Waals surface area contributed by atoms with Crippen LogP contribution in [0.4, 0.5) is 0 Å². The van der Waals surface area contributed by atoms with E-state index in [4.69, 9.17) is 10.00 Å². The van der Waals surface area contributed by atoms with Gasteiger partial charge in [0.1, 0.15) is 18.4 Å². The maximum atomic E-state index is 8.99. The monoisotopic (exact) mass is 284 g/mol. The smallest absolute Gasteiger partial charge is 0.137 e. The predicted molar refractivity (Wildman–Crippen MR) is 81.1 cm³/mol. The van der Waals surface area contributed by atoms with Crippen molar-refractivity contribution < 1.29 is 4.74 Å². The van der Waals surface area contributed by atoms with E-state index in [-0.39, 0.29) is 12.1 Å². The zero-order chi connectivity index (χ0) is 15.1. The molecule has 2 rings (SSSR count). The second-order valence-electron chi connectivity index (χ2n) is 4.93. The fourth-order valence-electron chi connectivity index (χ4n) is 2.05. The van der Waals surface area contributed by atoms with Crippen LogP contribution in [0.5, 0.6) is 5.75 Å². The molecule has 5 nitrogen and oxygen atoms in total. The van der Waals surface area contributed by atoms with E-state index >= 15 is 0 Å². The van der Waals surface area contributed by atoms with Gasteiger partial charge >= 0.3 is 0 Å². The Labute approximate surface area is 125 Å². The van der Waals surface area contributed by atoms with Gasteiger partial charge in [0.2, 0.25) is 0 Å². The lowest BCUT2D eigenvalue weighted by Crippen LogP contribution is -2.36. The van der Waals surface area contributed by atoms with Crippen molar-refractivity contribution in [3.63, 3.8) is 0 Å². The molecule has 2 atom stereocenters. The molecular formula is C16H20N4O. The third-order valence-electron chi connectivity index (χ3n) is 3.50. The number of rotatable bonds is 7. The van der Waals surface area contributed by atoms with Gasteiger partial charge < -0.3 is 10.1 Å². The van der Waals surface area contributed by atoms with Crippen molar-refractivity contribution in [1.29, 1.82) is 5.26 Å². The first kappa shape index (κ1) is 15.1. The molecule has 1 aromatic heterocycles. The third-order valence-corrected chi connectivity index (χ3v) is 3.50. The summed E-state index contributed by atoms with van der Waals surface area (Å²) in [5.74, 6) is 0.634. The Morgan fingerprint density at radius 2 is 2.14 bits per heavy atom. The molecule has 0 aliphatic heterocycles. The summed E-state index contributed by atoms with van der Waals surface area (Å²) in [6, 6.07) is 11.9. The molecule has 1 aromatic carbocycles. The molecule has 5 heteroatoms. The molecule has 1 heterocycles. The van der Waals surface area contributed by atoms with Gasteiger partial charge in [-0.2, -0.15) is 10.4 Å². The molecule has 0 aliphatic rings. The number of nitrogens with zero attached hydrogens (tertiary/aromatic N) is 3. The fourth-order valence-corrected chi connectivity index (χ4v) is 2.05. The van der Waals surface area contributed by atoms with Gasteiger partial charge in [0.05, 0.1) is 11.6 Å². The van der Waals surface area contributed by atoms with Crippen molar-refractivity contribution in [1.82, 2.24) is 15.1 Å². The van der Waals surface area contributed by atoms with Gasteiger partial charge in [-0.15, -0.1) is 0 Å². The molecule has 0 radical (unpaired) electrons. The lowest BCUT2D eigenvalue weighted by atomic mass is 10.2. The van der Waals surface area contributed by atoms with E-state index in [0.29, 0.717) is 24.5 Å². The topological polar surface area (TPSA) is 62.9 Å². The lowest BCUT2D eigenvalue weighted by molar-refractivity contribution is 0.288. The molecule has 2 aromatic rings. The Kier molecular flexibility index (Phi) is 5.35. The molecule has 0 fully saturated rings. The van der Waals surface area contributed by atoms with Crippen LogP contribution in [-0.2, 0) is 0 Å². The Morgan fingerprint density at radius 3 is 2.86 bits per heavy atom. The quantitative estimate of drug-likeness (QED) is 0.793. The highest BCUT2D eigenvalue weighted by Crippen LogP contribution is 2.16. The van der Waals surface area contributed by atoms with Crippen LogP contribution in [0.1, 0.15) is 25.5 Å². The number of benzene rings is 1. The van der Waals surface area contributed by atoms with E-state index in [1.54, 1.807) is 12.3 Å². The first-order valence-corrected chi connectivity index (χ1v) is 7.07. The minimum Gasteiger partial charge on any atom is -0.491 e. The van der Waals surface area contributed by atoms with Crippen LogP contribution in [-0.4, -0.2) is 29.0 Å². The van der Waals surface area contributed by atoms with Gasteiger partial charge in [0, 0.05) is 25.0 Å². The van der Waals surface area contributed by atoms with Crippen LogP contribution < -0.4 is 10.1 Å². The minimum atomic E-state index is 0.270. The highest BCUT2D eigenvalue weighted by atomic mass is 16.5. The van der Waals surface area contributed by atoms with E-state index in [9.17, 15) is 0 Å². The van der Waals surface area contributed by atoms with Crippen LogP contribution in [0.15, 0.2) is 42.7 Å². The second kappa shape index (κ2) is 7.46. The van der Waals surface area contributed by atoms with E-state index in [0.717, 1.165) is 0 Å². The zero-order valence-electron chi connectivity index (χ0n) is 12.4. The van der Waals surface area contributed by atoms with E-state index in [2.05, 4.69) is 30.3 Å².